The maximum atomic E-state index is 12.3. The number of ether oxygens (including phenoxy) is 4. The number of hydrogen-bond donors (Lipinski definition) is 2. The number of esters is 2. The van der Waals surface area contributed by atoms with Gasteiger partial charge in [-0.25, -0.2) is 9.59 Å². The van der Waals surface area contributed by atoms with Gasteiger partial charge in [0, 0.05) is 12.2 Å². The van der Waals surface area contributed by atoms with E-state index in [2.05, 4.69) is 10.3 Å². The number of benzene rings is 1. The quantitative estimate of drug-likeness (QED) is 0.554. The van der Waals surface area contributed by atoms with E-state index in [9.17, 15) is 14.4 Å². The number of aromatic amines is 1. The molecule has 1 aromatic heterocycles. The van der Waals surface area contributed by atoms with E-state index in [1.54, 1.807) is 41.1 Å². The number of methoxy groups -OCH3 is 2. The first-order valence-corrected chi connectivity index (χ1v) is 9.83. The number of nitrogens with one attached hydrogen (secondary N) is 2. The minimum Gasteiger partial charge on any atom is -0.493 e. The molecule has 9 heteroatoms. The SMILES string of the molecule is CCOC(=O)c1c(C)[nH]c(C(=O)OCC(=O)NCCc2ccc(OC)c(OC)c2)c1C. The average Bonchev–Trinajstić information content (AvgIpc) is 3.06. The second kappa shape index (κ2) is 11.1. The van der Waals surface area contributed by atoms with Crippen molar-refractivity contribution in [3.63, 3.8) is 0 Å². The van der Waals surface area contributed by atoms with Gasteiger partial charge in [0.25, 0.3) is 5.91 Å². The van der Waals surface area contributed by atoms with E-state index < -0.39 is 24.5 Å². The molecule has 31 heavy (non-hydrogen) atoms. The van der Waals surface area contributed by atoms with Gasteiger partial charge < -0.3 is 29.2 Å². The van der Waals surface area contributed by atoms with Crippen LogP contribution in [0.2, 0.25) is 0 Å². The highest BCUT2D eigenvalue weighted by Crippen LogP contribution is 2.27. The van der Waals surface area contributed by atoms with Crippen molar-refractivity contribution < 1.29 is 33.3 Å². The fourth-order valence-electron chi connectivity index (χ4n) is 3.10. The number of aryl methyl sites for hydroxylation is 1. The van der Waals surface area contributed by atoms with Crippen molar-refractivity contribution in [3.05, 3.63) is 46.3 Å². The summed E-state index contributed by atoms with van der Waals surface area (Å²) < 4.78 is 20.5. The Bertz CT molecular complexity index is 950. The molecule has 0 spiro atoms. The van der Waals surface area contributed by atoms with Crippen LogP contribution >= 0.6 is 0 Å². The van der Waals surface area contributed by atoms with Gasteiger partial charge in [0.2, 0.25) is 0 Å². The number of amides is 1. The van der Waals surface area contributed by atoms with Crippen molar-refractivity contribution in [3.8, 4) is 11.5 Å². The number of aromatic nitrogens is 1. The highest BCUT2D eigenvalue weighted by atomic mass is 16.5. The van der Waals surface area contributed by atoms with E-state index in [4.69, 9.17) is 18.9 Å². The molecule has 0 saturated carbocycles. The molecule has 1 amide bonds. The van der Waals surface area contributed by atoms with E-state index in [1.165, 1.54) is 0 Å². The lowest BCUT2D eigenvalue weighted by Crippen LogP contribution is -2.30. The van der Waals surface area contributed by atoms with Crippen molar-refractivity contribution in [1.29, 1.82) is 0 Å². The summed E-state index contributed by atoms with van der Waals surface area (Å²) in [6.45, 7) is 5.14. The zero-order valence-corrected chi connectivity index (χ0v) is 18.4. The van der Waals surface area contributed by atoms with Crippen LogP contribution in [-0.4, -0.2) is 56.8 Å². The molecular weight excluding hydrogens is 404 g/mol. The predicted octanol–water partition coefficient (Wildman–Crippen LogP) is 2.34. The summed E-state index contributed by atoms with van der Waals surface area (Å²) in [5.74, 6) is -0.422. The van der Waals surface area contributed by atoms with Crippen LogP contribution in [0.3, 0.4) is 0 Å². The van der Waals surface area contributed by atoms with Gasteiger partial charge in [-0.05, 0) is 50.5 Å². The van der Waals surface area contributed by atoms with Crippen LogP contribution in [0, 0.1) is 13.8 Å². The molecule has 1 heterocycles. The van der Waals surface area contributed by atoms with E-state index in [0.717, 1.165) is 5.56 Å². The number of carbonyl (C=O) groups excluding carboxylic acids is 3. The first kappa shape index (κ1) is 23.8. The first-order chi connectivity index (χ1) is 14.8. The molecule has 2 aromatic rings. The Kier molecular flexibility index (Phi) is 8.48. The highest BCUT2D eigenvalue weighted by molar-refractivity contribution is 5.99. The predicted molar refractivity (Wildman–Crippen MR) is 113 cm³/mol. The highest BCUT2D eigenvalue weighted by Gasteiger charge is 2.24. The van der Waals surface area contributed by atoms with E-state index in [-0.39, 0.29) is 12.3 Å². The zero-order chi connectivity index (χ0) is 23.0. The third kappa shape index (κ3) is 6.00. The van der Waals surface area contributed by atoms with Crippen molar-refractivity contribution in [2.45, 2.75) is 27.2 Å². The number of hydrogen-bond acceptors (Lipinski definition) is 7. The number of carbonyl (C=O) groups is 3. The summed E-state index contributed by atoms with van der Waals surface area (Å²) in [4.78, 5) is 39.2. The van der Waals surface area contributed by atoms with Gasteiger partial charge in [-0.3, -0.25) is 4.79 Å². The van der Waals surface area contributed by atoms with E-state index in [1.807, 2.05) is 12.1 Å². The van der Waals surface area contributed by atoms with Gasteiger partial charge in [-0.2, -0.15) is 0 Å². The topological polar surface area (TPSA) is 116 Å². The Morgan fingerprint density at radius 1 is 1.00 bits per heavy atom. The zero-order valence-electron chi connectivity index (χ0n) is 18.4. The lowest BCUT2D eigenvalue weighted by molar-refractivity contribution is -0.124. The average molecular weight is 432 g/mol. The van der Waals surface area contributed by atoms with E-state index >= 15 is 0 Å². The van der Waals surface area contributed by atoms with Gasteiger partial charge in [0.05, 0.1) is 26.4 Å². The first-order valence-electron chi connectivity index (χ1n) is 9.83. The molecule has 0 bridgehead atoms. The molecule has 0 atom stereocenters. The van der Waals surface area contributed by atoms with Gasteiger partial charge in [-0.15, -0.1) is 0 Å². The minimum absolute atomic E-state index is 0.124. The largest absolute Gasteiger partial charge is 0.493 e. The molecule has 0 saturated heterocycles. The normalized spacial score (nSPS) is 10.4. The summed E-state index contributed by atoms with van der Waals surface area (Å²) in [7, 11) is 3.12. The van der Waals surface area contributed by atoms with Crippen molar-refractivity contribution in [1.82, 2.24) is 10.3 Å². The fraction of sp³-hybridized carbons (Fsp3) is 0.409. The molecule has 1 aromatic carbocycles. The van der Waals surface area contributed by atoms with Gasteiger partial charge in [0.15, 0.2) is 18.1 Å². The van der Waals surface area contributed by atoms with Crippen LogP contribution in [0.25, 0.3) is 0 Å². The lowest BCUT2D eigenvalue weighted by atomic mass is 10.1. The molecule has 168 valence electrons. The van der Waals surface area contributed by atoms with Crippen LogP contribution in [0.15, 0.2) is 18.2 Å². The Labute approximate surface area is 181 Å². The molecule has 0 aliphatic carbocycles. The molecule has 0 aliphatic rings. The van der Waals surface area contributed by atoms with Gasteiger partial charge in [0.1, 0.15) is 5.69 Å². The van der Waals surface area contributed by atoms with Crippen LogP contribution in [0.4, 0.5) is 0 Å². The van der Waals surface area contributed by atoms with Crippen molar-refractivity contribution in [2.24, 2.45) is 0 Å². The standard InChI is InChI=1S/C22H28N2O7/c1-6-30-21(26)19-13(2)20(24-14(19)3)22(27)31-12-18(25)23-10-9-15-7-8-16(28-4)17(11-15)29-5/h7-8,11,24H,6,9-10,12H2,1-5H3,(H,23,25). The minimum atomic E-state index is -0.716. The summed E-state index contributed by atoms with van der Waals surface area (Å²) >= 11 is 0. The van der Waals surface area contributed by atoms with Crippen LogP contribution < -0.4 is 14.8 Å². The van der Waals surface area contributed by atoms with Crippen molar-refractivity contribution >= 4 is 17.8 Å². The van der Waals surface area contributed by atoms with Crippen molar-refractivity contribution in [2.75, 3.05) is 34.0 Å². The molecule has 9 nitrogen and oxygen atoms in total. The van der Waals surface area contributed by atoms with Gasteiger partial charge in [-0.1, -0.05) is 6.07 Å². The Hall–Kier alpha value is -3.49. The summed E-state index contributed by atoms with van der Waals surface area (Å²) in [6, 6.07) is 5.51. The third-order valence-corrected chi connectivity index (χ3v) is 4.64. The number of rotatable bonds is 10. The fourth-order valence-corrected chi connectivity index (χ4v) is 3.10. The summed E-state index contributed by atoms with van der Waals surface area (Å²) in [5.41, 5.74) is 2.31. The molecule has 2 rings (SSSR count). The molecule has 0 radical (unpaired) electrons. The molecular formula is C22H28N2O7. The van der Waals surface area contributed by atoms with Crippen LogP contribution in [0.1, 0.15) is 44.6 Å². The summed E-state index contributed by atoms with van der Waals surface area (Å²) in [6.07, 6.45) is 0.567. The molecule has 0 unspecified atom stereocenters. The molecule has 0 aliphatic heterocycles. The number of H-pyrrole nitrogens is 1. The third-order valence-electron chi connectivity index (χ3n) is 4.64. The van der Waals surface area contributed by atoms with Gasteiger partial charge >= 0.3 is 11.9 Å². The van der Waals surface area contributed by atoms with Crippen LogP contribution in [-0.2, 0) is 20.7 Å². The monoisotopic (exact) mass is 432 g/mol. The molecule has 0 fully saturated rings. The van der Waals surface area contributed by atoms with Crippen LogP contribution in [0.5, 0.6) is 11.5 Å². The lowest BCUT2D eigenvalue weighted by Gasteiger charge is -2.10. The maximum absolute atomic E-state index is 12.3. The maximum Gasteiger partial charge on any atom is 0.355 e. The summed E-state index contributed by atoms with van der Waals surface area (Å²) in [5, 5.41) is 2.70. The second-order valence-corrected chi connectivity index (χ2v) is 6.71. The smallest absolute Gasteiger partial charge is 0.355 e. The second-order valence-electron chi connectivity index (χ2n) is 6.71. The Balaban J connectivity index is 1.86. The van der Waals surface area contributed by atoms with E-state index in [0.29, 0.717) is 41.3 Å². The Morgan fingerprint density at radius 3 is 2.35 bits per heavy atom. The molecule has 2 N–H and O–H groups in total. The Morgan fingerprint density at radius 2 is 1.71 bits per heavy atom.